The van der Waals surface area contributed by atoms with E-state index in [9.17, 15) is 64.3 Å². The first-order valence-corrected chi connectivity index (χ1v) is 30.9. The number of carbonyl (C=O) groups excluding carboxylic acids is 6. The number of azide groups is 6. The first-order valence-electron chi connectivity index (χ1n) is 28.8. The summed E-state index contributed by atoms with van der Waals surface area (Å²) in [5.41, 5.74) is 74.6. The van der Waals surface area contributed by atoms with Crippen molar-refractivity contribution in [3.05, 3.63) is 92.4 Å². The summed E-state index contributed by atoms with van der Waals surface area (Å²) >= 11 is 11.4. The summed E-state index contributed by atoms with van der Waals surface area (Å²) in [6, 6.07) is -6.96. The number of rotatable bonds is 22. The molecule has 20 atom stereocenters. The summed E-state index contributed by atoms with van der Waals surface area (Å²) in [6.45, 7) is 6.25. The van der Waals surface area contributed by atoms with Gasteiger partial charge in [-0.1, -0.05) is 47.4 Å². The molecular formula is C45H64Br2ClN33O22. The number of anilines is 2. The van der Waals surface area contributed by atoms with Gasteiger partial charge in [0, 0.05) is 120 Å². The van der Waals surface area contributed by atoms with Gasteiger partial charge in [-0.05, 0) is 78.7 Å². The number of nitrogens with two attached hydrogens (primary N) is 4. The third-order valence-electron chi connectivity index (χ3n) is 13.9. The standard InChI is InChI=1S/C13H15BrN10O7.C11H15ClN6O5.C10H14N6O5.C9H19N7O3.C2HBrN4O2/c1-5(25)30-10-8(19-22-16)3-7(18-21-15)9(11(10)31-6(2)26)29-4-23-12(14)17-13(20-23)24(27)28;1-5(19)22-10-8(16-18-14)3-7(15-17-13)9(21-4-12)11(10)23-6(2)20;1-4(17)20-9-7(14-16-12)3-6(13-15-11)8(19)10(9)21-5(2)18;10-3-1-4(11)7(6(18)5(3)17)19-2-16-9(13)14-8(12)15-16;3-1-4-2(6-5-1)7(8)9/h7-11H,3-4H2,1-2H3;7-11H,3-4H2,1-2H3;6-10,19H,3H2,1-2H3;3-7,17-18H,1-2,10-11H2,(H4,12,13,14,15);(H,4,5,6)/t2*7?,8-,9-,10?,11+;6?,7-,8-,9?,10+;3-,4?,5?,6-,7-;/m1111./s1. The topological polar surface area (TPSA) is 832 Å². The van der Waals surface area contributed by atoms with Crippen molar-refractivity contribution in [2.75, 3.05) is 17.5 Å². The van der Waals surface area contributed by atoms with Crippen LogP contribution in [0.5, 0.6) is 0 Å². The molecule has 0 radical (unpaired) electrons. The normalized spacial score (nSPS) is 27.9. The molecule has 0 aliphatic heterocycles. The largest absolute Gasteiger partial charge is 0.492 e. The number of nitro groups is 2. The molecule has 103 heavy (non-hydrogen) atoms. The van der Waals surface area contributed by atoms with Crippen molar-refractivity contribution >= 4 is 103 Å². The lowest BCUT2D eigenvalue weighted by atomic mass is 9.84. The van der Waals surface area contributed by atoms with Crippen LogP contribution >= 0.6 is 43.5 Å². The van der Waals surface area contributed by atoms with Gasteiger partial charge in [-0.3, -0.25) is 28.8 Å². The van der Waals surface area contributed by atoms with Crippen molar-refractivity contribution in [3.8, 4) is 0 Å². The van der Waals surface area contributed by atoms with Gasteiger partial charge >= 0.3 is 52.4 Å². The maximum atomic E-state index is 11.7. The van der Waals surface area contributed by atoms with Crippen LogP contribution in [0.2, 0.25) is 0 Å². The first kappa shape index (κ1) is 86.7. The number of halogens is 3. The van der Waals surface area contributed by atoms with Crippen LogP contribution in [0, 0.1) is 20.2 Å². The molecule has 12 N–H and O–H groups in total. The number of nitrogens with one attached hydrogen (secondary N) is 1. The fourth-order valence-corrected chi connectivity index (χ4v) is 10.8. The monoisotopic (exact) mass is 1610 g/mol. The Hall–Kier alpha value is -10.6. The molecule has 0 amide bonds. The average Bonchev–Trinajstić information content (AvgIpc) is 1.71. The highest BCUT2D eigenvalue weighted by Crippen LogP contribution is 2.35. The number of nitrogens with zero attached hydrogens (tertiary/aromatic N) is 28. The molecule has 0 saturated heterocycles. The van der Waals surface area contributed by atoms with Gasteiger partial charge in [-0.2, -0.15) is 4.98 Å². The Morgan fingerprint density at radius 1 is 0.524 bits per heavy atom. The predicted octanol–water partition coefficient (Wildman–Crippen LogP) is 2.12. The van der Waals surface area contributed by atoms with Crippen molar-refractivity contribution in [2.45, 2.75) is 202 Å². The van der Waals surface area contributed by atoms with E-state index in [1.54, 1.807) is 0 Å². The highest BCUT2D eigenvalue weighted by atomic mass is 79.9. The lowest BCUT2D eigenvalue weighted by Crippen LogP contribution is -2.62. The third kappa shape index (κ3) is 26.7. The zero-order valence-corrected chi connectivity index (χ0v) is 58.0. The number of aliphatic hydroxyl groups excluding tert-OH is 3. The molecule has 0 spiro atoms. The maximum Gasteiger partial charge on any atom is 0.492 e. The number of hydrogen-bond donors (Lipinski definition) is 8. The van der Waals surface area contributed by atoms with E-state index in [4.69, 9.17) is 110 Å². The van der Waals surface area contributed by atoms with E-state index in [1.807, 2.05) is 0 Å². The molecule has 4 saturated carbocycles. The highest BCUT2D eigenvalue weighted by Gasteiger charge is 2.52. The Balaban J connectivity index is 0.000000347. The number of ether oxygens (including phenoxy) is 9. The number of H-pyrrole nitrogens is 1. The van der Waals surface area contributed by atoms with Gasteiger partial charge in [0.2, 0.25) is 11.9 Å². The number of carbonyl (C=O) groups is 6. The van der Waals surface area contributed by atoms with E-state index < -0.39 is 180 Å². The molecule has 3 heterocycles. The van der Waals surface area contributed by atoms with Crippen molar-refractivity contribution < 1.29 is 96.6 Å². The molecule has 562 valence electrons. The number of hydrogen-bond acceptors (Lipinski definition) is 38. The van der Waals surface area contributed by atoms with Crippen molar-refractivity contribution in [3.63, 3.8) is 0 Å². The molecule has 0 bridgehead atoms. The smallest absolute Gasteiger partial charge is 0.458 e. The summed E-state index contributed by atoms with van der Waals surface area (Å²) < 4.78 is 49.5. The summed E-state index contributed by atoms with van der Waals surface area (Å²) in [4.78, 5) is 114. The van der Waals surface area contributed by atoms with Gasteiger partial charge in [0.05, 0.1) is 42.4 Å². The second-order valence-electron chi connectivity index (χ2n) is 21.0. The first-order chi connectivity index (χ1) is 48.6. The second-order valence-corrected chi connectivity index (χ2v) is 22.7. The molecular weight excluding hydrogens is 1550 g/mol. The van der Waals surface area contributed by atoms with Crippen LogP contribution in [-0.2, 0) is 84.9 Å². The van der Waals surface area contributed by atoms with Crippen molar-refractivity contribution in [2.24, 2.45) is 42.2 Å². The average molecular weight is 1610 g/mol. The fraction of sp³-hybridized carbons (Fsp3) is 0.733. The molecule has 3 aromatic heterocycles. The van der Waals surface area contributed by atoms with E-state index in [0.717, 1.165) is 46.2 Å². The molecule has 7 rings (SSSR count). The fourth-order valence-electron chi connectivity index (χ4n) is 10.1. The van der Waals surface area contributed by atoms with Crippen LogP contribution in [0.4, 0.5) is 23.8 Å². The predicted molar refractivity (Wildman–Crippen MR) is 343 cm³/mol. The Kier molecular flexibility index (Phi) is 35.9. The minimum atomic E-state index is -1.38. The SMILES string of the molecule is CC(=O)OC1[C@@H](OC(C)=O)[C@H](O)C(N=[N+]=[N-])C[C@H]1N=[N+]=[N-].CC(=O)OC1[C@@H](OC(C)=O)[C@H](OCCl)C(N=[N+]=[N-])C[C@H]1N=[N+]=[N-].CC(=O)OC1[C@@H](OC(C)=O)[C@H](OCn2nc([N+](=O)[O-])nc2Br)C(N=[N+]=[N-])C[C@H]1N=[N+]=[N-].Nc1nc(N)n(CO[C@@H]2C(N)C[C@@H](N)C(O)[C@H]2O)n1.O=[N+]([O-])c1nc(Br)n[nH]1. The molecule has 4 fully saturated rings. The Labute approximate surface area is 596 Å². The van der Waals surface area contributed by atoms with E-state index in [2.05, 4.69) is 127 Å². The number of nitrogen functional groups attached to an aromatic ring is 2. The molecule has 4 aliphatic rings. The van der Waals surface area contributed by atoms with E-state index in [1.165, 1.54) is 4.68 Å². The molecule has 0 aromatic carbocycles. The quantitative estimate of drug-likeness (QED) is 0.0104. The Bertz CT molecular complexity index is 3750. The van der Waals surface area contributed by atoms with Gasteiger partial charge < -0.3 is 101 Å². The zero-order chi connectivity index (χ0) is 77.5. The number of aliphatic hydroxyl groups is 3. The summed E-state index contributed by atoms with van der Waals surface area (Å²) in [6.07, 6.45) is -13.4. The maximum absolute atomic E-state index is 11.7. The number of esters is 6. The molecule has 58 heteroatoms. The van der Waals surface area contributed by atoms with Gasteiger partial charge in [0.15, 0.2) is 25.0 Å². The van der Waals surface area contributed by atoms with E-state index >= 15 is 0 Å². The van der Waals surface area contributed by atoms with Crippen LogP contribution in [0.15, 0.2) is 40.2 Å². The van der Waals surface area contributed by atoms with Crippen LogP contribution in [0.3, 0.4) is 0 Å². The third-order valence-corrected chi connectivity index (χ3v) is 15.0. The second kappa shape index (κ2) is 42.6. The minimum absolute atomic E-state index is 0.0247. The van der Waals surface area contributed by atoms with E-state index in [0.29, 0.717) is 6.42 Å². The van der Waals surface area contributed by atoms with Crippen LogP contribution < -0.4 is 22.9 Å². The Morgan fingerprint density at radius 3 is 1.26 bits per heavy atom. The molecule has 8 unspecified atom stereocenters. The molecule has 4 aliphatic carbocycles. The summed E-state index contributed by atoms with van der Waals surface area (Å²) in [7, 11) is 0. The lowest BCUT2D eigenvalue weighted by Gasteiger charge is -2.42. The van der Waals surface area contributed by atoms with Crippen LogP contribution in [-0.4, -0.2) is 233 Å². The van der Waals surface area contributed by atoms with Crippen LogP contribution in [0.1, 0.15) is 67.2 Å². The number of alkyl halides is 1. The zero-order valence-electron chi connectivity index (χ0n) is 54.1. The van der Waals surface area contributed by atoms with Gasteiger partial charge in [0.25, 0.3) is 4.73 Å². The lowest BCUT2D eigenvalue weighted by molar-refractivity contribution is -0.394. The Morgan fingerprint density at radius 2 is 0.903 bits per heavy atom. The van der Waals surface area contributed by atoms with E-state index in [-0.39, 0.29) is 59.4 Å². The van der Waals surface area contributed by atoms with Gasteiger partial charge in [-0.25, -0.2) is 4.68 Å². The molecule has 3 aromatic rings. The highest BCUT2D eigenvalue weighted by molar-refractivity contribution is 9.10. The number of aromatic nitrogens is 9. The van der Waals surface area contributed by atoms with Gasteiger partial charge in [-0.15, -0.1) is 14.9 Å². The van der Waals surface area contributed by atoms with Crippen molar-refractivity contribution in [1.29, 1.82) is 0 Å². The van der Waals surface area contributed by atoms with Crippen molar-refractivity contribution in [1.82, 2.24) is 44.7 Å². The molecule has 55 nitrogen and oxygen atoms in total. The summed E-state index contributed by atoms with van der Waals surface area (Å²) in [5, 5.41) is 84.4. The van der Waals surface area contributed by atoms with Gasteiger partial charge in [0.1, 0.15) is 61.6 Å². The van der Waals surface area contributed by atoms with Crippen LogP contribution in [0.25, 0.3) is 62.7 Å². The summed E-state index contributed by atoms with van der Waals surface area (Å²) in [5.74, 6) is -5.18. The minimum Gasteiger partial charge on any atom is -0.458 e. The number of aromatic amines is 1.